The van der Waals surface area contributed by atoms with Gasteiger partial charge in [0.2, 0.25) is 6.54 Å². The summed E-state index contributed by atoms with van der Waals surface area (Å²) in [6.07, 6.45) is 15.7. The van der Waals surface area contributed by atoms with Gasteiger partial charge in [-0.3, -0.25) is 25.3 Å². The molecule has 0 bridgehead atoms. The van der Waals surface area contributed by atoms with Crippen molar-refractivity contribution in [2.45, 2.75) is 91.1 Å². The standard InChI is InChI=1S/C44H62N8O6S/c1-3-5-7-9-27-56-40-19-15-38(16-20-40)47-49-42(53)33-51-25-11-13-36(31-51)35-58-46-24-30-59-29-23-45-44(55)37-14-12-26-52(32-37)34-43(54)50-48-39-17-21-41(22-18-39)57-28-10-8-6-4-2/h11-22,25-26,31-32,42,46-49,53H,3-10,23-24,27-30,33-35H2,1-2H3/p+2. The fraction of sp³-hybridized carbons (Fsp3) is 0.455. The molecule has 0 saturated carbocycles. The largest absolute Gasteiger partial charge is 0.494 e. The second-order valence-corrected chi connectivity index (χ2v) is 15.3. The molecule has 0 saturated heterocycles. The summed E-state index contributed by atoms with van der Waals surface area (Å²) in [5, 5.41) is 13.5. The minimum absolute atomic E-state index is 0.0485. The molecule has 2 heterocycles. The molecule has 59 heavy (non-hydrogen) atoms. The van der Waals surface area contributed by atoms with E-state index >= 15 is 0 Å². The fourth-order valence-electron chi connectivity index (χ4n) is 5.76. The number of amides is 2. The van der Waals surface area contributed by atoms with Crippen LogP contribution in [0.2, 0.25) is 0 Å². The van der Waals surface area contributed by atoms with Crippen LogP contribution in [0.1, 0.15) is 81.1 Å². The molecular formula is C44H64N8O6S+2. The van der Waals surface area contributed by atoms with Gasteiger partial charge in [-0.15, -0.1) is 0 Å². The number of hydrogen-bond acceptors (Lipinski definition) is 11. The van der Waals surface area contributed by atoms with E-state index in [2.05, 4.69) is 46.3 Å². The zero-order chi connectivity index (χ0) is 41.8. The van der Waals surface area contributed by atoms with Gasteiger partial charge in [-0.2, -0.15) is 16.3 Å². The van der Waals surface area contributed by atoms with Crippen molar-refractivity contribution in [3.63, 3.8) is 0 Å². The zero-order valence-corrected chi connectivity index (χ0v) is 35.4. The van der Waals surface area contributed by atoms with Crippen LogP contribution in [-0.4, -0.2) is 61.0 Å². The molecule has 0 aliphatic rings. The number of hydrazine groups is 2. The topological polar surface area (TPSA) is 162 Å². The average molecular weight is 833 g/mol. The molecular weight excluding hydrogens is 769 g/mol. The summed E-state index contributed by atoms with van der Waals surface area (Å²) >= 11 is 1.70. The van der Waals surface area contributed by atoms with Crippen LogP contribution in [0.25, 0.3) is 0 Å². The van der Waals surface area contributed by atoms with Gasteiger partial charge in [0.15, 0.2) is 37.6 Å². The lowest BCUT2D eigenvalue weighted by Crippen LogP contribution is -2.47. The number of hydrogen-bond donors (Lipinski definition) is 7. The van der Waals surface area contributed by atoms with Crippen molar-refractivity contribution >= 4 is 35.0 Å². The van der Waals surface area contributed by atoms with Gasteiger partial charge in [0.1, 0.15) is 17.1 Å². The number of benzene rings is 2. The molecule has 2 aromatic heterocycles. The lowest BCUT2D eigenvalue weighted by atomic mass is 10.2. The summed E-state index contributed by atoms with van der Waals surface area (Å²) in [7, 11) is 0. The van der Waals surface area contributed by atoms with Gasteiger partial charge in [0.05, 0.1) is 25.5 Å². The van der Waals surface area contributed by atoms with Gasteiger partial charge in [-0.1, -0.05) is 52.4 Å². The molecule has 14 nitrogen and oxygen atoms in total. The van der Waals surface area contributed by atoms with Crippen molar-refractivity contribution in [2.24, 2.45) is 0 Å². The molecule has 4 aromatic rings. The van der Waals surface area contributed by atoms with Crippen molar-refractivity contribution in [1.82, 2.24) is 21.6 Å². The van der Waals surface area contributed by atoms with Crippen LogP contribution in [0.15, 0.2) is 97.6 Å². The number of ether oxygens (including phenoxy) is 2. The van der Waals surface area contributed by atoms with E-state index in [1.807, 2.05) is 77.6 Å². The Morgan fingerprint density at radius 1 is 0.729 bits per heavy atom. The first kappa shape index (κ1) is 46.8. The maximum atomic E-state index is 12.8. The van der Waals surface area contributed by atoms with Gasteiger partial charge < -0.3 is 25.3 Å². The number of pyridine rings is 2. The molecule has 0 fully saturated rings. The average Bonchev–Trinajstić information content (AvgIpc) is 3.25. The normalized spacial score (nSPS) is 11.4. The lowest BCUT2D eigenvalue weighted by molar-refractivity contribution is -0.704. The van der Waals surface area contributed by atoms with Crippen molar-refractivity contribution in [3.05, 3.63) is 109 Å². The smallest absolute Gasteiger partial charge is 0.304 e. The van der Waals surface area contributed by atoms with Gasteiger partial charge in [0, 0.05) is 48.0 Å². The number of aromatic nitrogens is 2. The molecule has 0 aliphatic heterocycles. The number of aliphatic hydroxyl groups excluding tert-OH is 1. The highest BCUT2D eigenvalue weighted by Crippen LogP contribution is 2.17. The van der Waals surface area contributed by atoms with E-state index in [9.17, 15) is 14.7 Å². The second kappa shape index (κ2) is 28.5. The summed E-state index contributed by atoms with van der Waals surface area (Å²) in [5.74, 6) is 2.73. The summed E-state index contributed by atoms with van der Waals surface area (Å²) < 4.78 is 15.1. The van der Waals surface area contributed by atoms with Crippen LogP contribution < -0.4 is 51.1 Å². The minimum atomic E-state index is -0.823. The molecule has 0 aliphatic carbocycles. The first-order valence-electron chi connectivity index (χ1n) is 20.8. The van der Waals surface area contributed by atoms with E-state index < -0.39 is 6.23 Å². The Morgan fingerprint density at radius 3 is 2.03 bits per heavy atom. The quantitative estimate of drug-likeness (QED) is 0.0150. The van der Waals surface area contributed by atoms with Crippen LogP contribution >= 0.6 is 11.8 Å². The van der Waals surface area contributed by atoms with Crippen molar-refractivity contribution in [2.75, 3.05) is 48.7 Å². The number of carbonyl (C=O) groups is 2. The number of thioether (sulfide) groups is 1. The van der Waals surface area contributed by atoms with E-state index in [4.69, 9.17) is 14.3 Å². The van der Waals surface area contributed by atoms with Gasteiger partial charge in [-0.25, -0.2) is 15.5 Å². The molecule has 2 amide bonds. The summed E-state index contributed by atoms with van der Waals surface area (Å²) in [5.41, 5.74) is 17.6. The van der Waals surface area contributed by atoms with E-state index in [-0.39, 0.29) is 18.4 Å². The molecule has 4 rings (SSSR count). The van der Waals surface area contributed by atoms with E-state index in [0.29, 0.717) is 38.4 Å². The zero-order valence-electron chi connectivity index (χ0n) is 34.6. The number of aliphatic hydroxyl groups is 1. The maximum absolute atomic E-state index is 12.8. The maximum Gasteiger partial charge on any atom is 0.304 e. The van der Waals surface area contributed by atoms with Crippen molar-refractivity contribution < 1.29 is 38.1 Å². The molecule has 15 heteroatoms. The minimum Gasteiger partial charge on any atom is -0.494 e. The van der Waals surface area contributed by atoms with Crippen LogP contribution in [0.3, 0.4) is 0 Å². The number of nitrogens with one attached hydrogen (secondary N) is 6. The highest BCUT2D eigenvalue weighted by molar-refractivity contribution is 7.99. The first-order chi connectivity index (χ1) is 28.9. The van der Waals surface area contributed by atoms with Crippen LogP contribution in [0.5, 0.6) is 11.5 Å². The Labute approximate surface area is 353 Å². The molecule has 320 valence electrons. The molecule has 1 atom stereocenters. The number of carbonyl (C=O) groups excluding carboxylic acids is 2. The number of nitrogens with zero attached hydrogens (tertiary/aromatic N) is 2. The lowest BCUT2D eigenvalue weighted by Gasteiger charge is -2.13. The second-order valence-electron chi connectivity index (χ2n) is 14.1. The third kappa shape index (κ3) is 20.1. The van der Waals surface area contributed by atoms with Crippen LogP contribution in [-0.2, 0) is 29.3 Å². The molecule has 2 aromatic carbocycles. The highest BCUT2D eigenvalue weighted by Gasteiger charge is 2.14. The number of anilines is 2. The highest BCUT2D eigenvalue weighted by atomic mass is 32.2. The Bertz CT molecular complexity index is 1770. The number of unbranched alkanes of at least 4 members (excludes halogenated alkanes) is 6. The fourth-order valence-corrected chi connectivity index (χ4v) is 6.44. The van der Waals surface area contributed by atoms with E-state index in [1.165, 1.54) is 38.5 Å². The first-order valence-corrected chi connectivity index (χ1v) is 21.9. The predicted molar refractivity (Wildman–Crippen MR) is 232 cm³/mol. The predicted octanol–water partition coefficient (Wildman–Crippen LogP) is 5.44. The van der Waals surface area contributed by atoms with Gasteiger partial charge in [-0.05, 0) is 73.5 Å². The van der Waals surface area contributed by atoms with Crippen molar-refractivity contribution in [1.29, 1.82) is 0 Å². The summed E-state index contributed by atoms with van der Waals surface area (Å²) in [6.45, 7) is 7.70. The van der Waals surface area contributed by atoms with Gasteiger partial charge in [0.25, 0.3) is 5.91 Å². The Morgan fingerprint density at radius 2 is 1.36 bits per heavy atom. The summed E-state index contributed by atoms with van der Waals surface area (Å²) in [4.78, 5) is 31.0. The monoisotopic (exact) mass is 832 g/mol. The molecule has 1 unspecified atom stereocenters. The van der Waals surface area contributed by atoms with E-state index in [1.54, 1.807) is 40.9 Å². The number of rotatable bonds is 31. The SMILES string of the molecule is CCCCCCOc1ccc(NNC(=O)C[n+]2cccc(C(=O)NCCSCCNOCc3ccc[n+](CC(O)NNc4ccc(OCCCCCC)cc4)c3)c2)cc1. The van der Waals surface area contributed by atoms with Crippen LogP contribution in [0.4, 0.5) is 11.4 Å². The molecule has 0 radical (unpaired) electrons. The van der Waals surface area contributed by atoms with Gasteiger partial charge >= 0.3 is 5.91 Å². The van der Waals surface area contributed by atoms with Crippen LogP contribution in [0, 0.1) is 0 Å². The Balaban J connectivity index is 1.02. The van der Waals surface area contributed by atoms with Crippen molar-refractivity contribution in [3.8, 4) is 11.5 Å². The molecule has 0 spiro atoms. The number of hydroxylamine groups is 1. The summed E-state index contributed by atoms with van der Waals surface area (Å²) in [6, 6.07) is 22.5. The van der Waals surface area contributed by atoms with E-state index in [0.717, 1.165) is 59.4 Å². The Hall–Kier alpha value is -4.93. The Kier molecular flexibility index (Phi) is 22.6. The molecule has 7 N–H and O–H groups in total. The third-order valence-electron chi connectivity index (χ3n) is 8.94. The third-order valence-corrected chi connectivity index (χ3v) is 9.93.